The first-order valence-electron chi connectivity index (χ1n) is 10.7. The molecular weight excluding hydrogens is 457 g/mol. The minimum absolute atomic E-state index is 0. The second-order valence-electron chi connectivity index (χ2n) is 8.37. The van der Waals surface area contributed by atoms with Gasteiger partial charge in [-0.1, -0.05) is 6.42 Å². The van der Waals surface area contributed by atoms with E-state index in [1.165, 1.54) is 25.7 Å². The second kappa shape index (κ2) is 10.1. The van der Waals surface area contributed by atoms with Gasteiger partial charge in [0.2, 0.25) is 0 Å². The van der Waals surface area contributed by atoms with Gasteiger partial charge in [-0.3, -0.25) is 4.99 Å². The van der Waals surface area contributed by atoms with Crippen molar-refractivity contribution in [2.24, 2.45) is 22.2 Å². The minimum Gasteiger partial charge on any atom is -0.381 e. The highest BCUT2D eigenvalue weighted by Crippen LogP contribution is 2.62. The molecule has 2 N–H and O–H groups in total. The quantitative estimate of drug-likeness (QED) is 0.236. The summed E-state index contributed by atoms with van der Waals surface area (Å²) in [6, 6.07) is 0.542. The van der Waals surface area contributed by atoms with Crippen LogP contribution in [0.5, 0.6) is 0 Å². The number of aliphatic imine (C=N–C) groups is 1. The third-order valence-electron chi connectivity index (χ3n) is 6.77. The Morgan fingerprint density at radius 3 is 2.85 bits per heavy atom. The van der Waals surface area contributed by atoms with Crippen molar-refractivity contribution in [1.82, 2.24) is 10.6 Å². The van der Waals surface area contributed by atoms with E-state index in [1.807, 2.05) is 0 Å². The maximum Gasteiger partial charge on any atom is 0.191 e. The van der Waals surface area contributed by atoms with Gasteiger partial charge in [0.05, 0.1) is 19.3 Å². The molecule has 4 rings (SSSR count). The normalized spacial score (nSPS) is 33.7. The molecule has 4 aliphatic rings. The van der Waals surface area contributed by atoms with Crippen molar-refractivity contribution >= 4 is 29.9 Å². The first-order valence-corrected chi connectivity index (χ1v) is 10.7. The Morgan fingerprint density at radius 2 is 2.15 bits per heavy atom. The third kappa shape index (κ3) is 4.56. The van der Waals surface area contributed by atoms with Crippen LogP contribution in [-0.2, 0) is 14.2 Å². The van der Waals surface area contributed by atoms with Gasteiger partial charge in [-0.25, -0.2) is 0 Å². The maximum atomic E-state index is 6.02. The number of ether oxygens (including phenoxy) is 3. The Bertz CT molecular complexity index is 495. The summed E-state index contributed by atoms with van der Waals surface area (Å²) in [6.07, 6.45) is 7.78. The first kappa shape index (κ1) is 21.6. The lowest BCUT2D eigenvalue weighted by Crippen LogP contribution is -2.72. The minimum atomic E-state index is 0. The molecule has 2 saturated heterocycles. The molecule has 2 aliphatic heterocycles. The number of nitrogens with zero attached hydrogens (tertiary/aromatic N) is 1. The summed E-state index contributed by atoms with van der Waals surface area (Å²) >= 11 is 0. The molecule has 4 atom stereocenters. The summed E-state index contributed by atoms with van der Waals surface area (Å²) in [5.74, 6) is 2.24. The van der Waals surface area contributed by atoms with Gasteiger partial charge in [0, 0.05) is 56.2 Å². The molecule has 4 fully saturated rings. The fourth-order valence-electron chi connectivity index (χ4n) is 5.25. The molecule has 1 spiro atoms. The summed E-state index contributed by atoms with van der Waals surface area (Å²) in [7, 11) is 0. The van der Waals surface area contributed by atoms with Crippen molar-refractivity contribution in [2.75, 3.05) is 46.1 Å². The average molecular weight is 493 g/mol. The topological polar surface area (TPSA) is 64.1 Å². The van der Waals surface area contributed by atoms with Crippen molar-refractivity contribution in [3.63, 3.8) is 0 Å². The Labute approximate surface area is 180 Å². The van der Waals surface area contributed by atoms with E-state index in [0.717, 1.165) is 64.9 Å². The summed E-state index contributed by atoms with van der Waals surface area (Å²) in [4.78, 5) is 4.79. The van der Waals surface area contributed by atoms with Crippen LogP contribution in [-0.4, -0.2) is 64.2 Å². The number of fused-ring (bicyclic) bond motifs is 2. The molecule has 4 unspecified atom stereocenters. The Balaban J connectivity index is 0.00000210. The molecule has 2 heterocycles. The molecule has 156 valence electrons. The summed E-state index contributed by atoms with van der Waals surface area (Å²) in [6.45, 7) is 8.14. The highest BCUT2D eigenvalue weighted by atomic mass is 127. The van der Waals surface area contributed by atoms with Crippen LogP contribution in [0.25, 0.3) is 0 Å². The van der Waals surface area contributed by atoms with Crippen LogP contribution < -0.4 is 10.6 Å². The van der Waals surface area contributed by atoms with E-state index in [1.54, 1.807) is 0 Å². The third-order valence-corrected chi connectivity index (χ3v) is 6.77. The molecule has 0 amide bonds. The van der Waals surface area contributed by atoms with Gasteiger partial charge < -0.3 is 24.8 Å². The zero-order chi connectivity index (χ0) is 17.8. The highest BCUT2D eigenvalue weighted by Gasteiger charge is 2.66. The Morgan fingerprint density at radius 1 is 1.26 bits per heavy atom. The van der Waals surface area contributed by atoms with Gasteiger partial charge in [-0.15, -0.1) is 24.0 Å². The van der Waals surface area contributed by atoms with Gasteiger partial charge in [-0.05, 0) is 39.0 Å². The van der Waals surface area contributed by atoms with Gasteiger partial charge >= 0.3 is 0 Å². The summed E-state index contributed by atoms with van der Waals surface area (Å²) in [5, 5.41) is 7.18. The molecular formula is C20H36IN3O3. The largest absolute Gasteiger partial charge is 0.381 e. The van der Waals surface area contributed by atoms with Crippen LogP contribution in [0.1, 0.15) is 45.4 Å². The molecule has 2 saturated carbocycles. The average Bonchev–Trinajstić information content (AvgIpc) is 3.25. The Kier molecular flexibility index (Phi) is 8.05. The van der Waals surface area contributed by atoms with E-state index in [2.05, 4.69) is 17.6 Å². The monoisotopic (exact) mass is 493 g/mol. The smallest absolute Gasteiger partial charge is 0.191 e. The predicted octanol–water partition coefficient (Wildman–Crippen LogP) is 2.56. The van der Waals surface area contributed by atoms with Gasteiger partial charge in [-0.2, -0.15) is 0 Å². The van der Waals surface area contributed by atoms with Crippen LogP contribution >= 0.6 is 24.0 Å². The SMILES string of the molecule is CCNC(=NCCCOCC1CCOC1)NC1C2CCOC2C12CCC2.I. The molecule has 2 aliphatic carbocycles. The lowest BCUT2D eigenvalue weighted by Gasteiger charge is -2.63. The maximum absolute atomic E-state index is 6.02. The van der Waals surface area contributed by atoms with Crippen LogP contribution in [0, 0.1) is 17.3 Å². The van der Waals surface area contributed by atoms with Crippen molar-refractivity contribution < 1.29 is 14.2 Å². The van der Waals surface area contributed by atoms with Crippen LogP contribution in [0.4, 0.5) is 0 Å². The van der Waals surface area contributed by atoms with Crippen LogP contribution in [0.3, 0.4) is 0 Å². The van der Waals surface area contributed by atoms with Crippen molar-refractivity contribution in [2.45, 2.75) is 57.6 Å². The standard InChI is InChI=1S/C20H35N3O3.HI/c1-2-21-19(22-9-4-10-24-13-15-5-11-25-14-15)23-17-16-6-12-26-18(16)20(17)7-3-8-20;/h15-18H,2-14H2,1H3,(H2,21,22,23);1H. The molecule has 7 heteroatoms. The summed E-state index contributed by atoms with van der Waals surface area (Å²) in [5.41, 5.74) is 0.393. The van der Waals surface area contributed by atoms with E-state index in [-0.39, 0.29) is 24.0 Å². The van der Waals surface area contributed by atoms with E-state index in [9.17, 15) is 0 Å². The number of hydrogen-bond donors (Lipinski definition) is 2. The number of rotatable bonds is 8. The fraction of sp³-hybridized carbons (Fsp3) is 0.950. The first-order chi connectivity index (χ1) is 12.8. The van der Waals surface area contributed by atoms with Crippen molar-refractivity contribution in [1.29, 1.82) is 0 Å². The molecule has 0 aromatic heterocycles. The molecule has 0 aromatic carbocycles. The molecule has 0 aromatic rings. The van der Waals surface area contributed by atoms with E-state index >= 15 is 0 Å². The van der Waals surface area contributed by atoms with E-state index in [0.29, 0.717) is 29.4 Å². The number of hydrogen-bond acceptors (Lipinski definition) is 4. The van der Waals surface area contributed by atoms with Gasteiger partial charge in [0.15, 0.2) is 5.96 Å². The van der Waals surface area contributed by atoms with Crippen LogP contribution in [0.15, 0.2) is 4.99 Å². The zero-order valence-electron chi connectivity index (χ0n) is 16.6. The van der Waals surface area contributed by atoms with E-state index in [4.69, 9.17) is 19.2 Å². The van der Waals surface area contributed by atoms with Crippen molar-refractivity contribution in [3.8, 4) is 0 Å². The van der Waals surface area contributed by atoms with E-state index < -0.39 is 0 Å². The molecule has 0 radical (unpaired) electrons. The number of halogens is 1. The summed E-state index contributed by atoms with van der Waals surface area (Å²) < 4.78 is 17.2. The van der Waals surface area contributed by atoms with Gasteiger partial charge in [0.25, 0.3) is 0 Å². The fourth-order valence-corrected chi connectivity index (χ4v) is 5.25. The second-order valence-corrected chi connectivity index (χ2v) is 8.37. The lowest BCUT2D eigenvalue weighted by molar-refractivity contribution is -0.171. The van der Waals surface area contributed by atoms with Crippen molar-refractivity contribution in [3.05, 3.63) is 0 Å². The molecule has 27 heavy (non-hydrogen) atoms. The zero-order valence-corrected chi connectivity index (χ0v) is 18.9. The number of guanidine groups is 1. The highest BCUT2D eigenvalue weighted by molar-refractivity contribution is 14.0. The molecule has 0 bridgehead atoms. The molecule has 6 nitrogen and oxygen atoms in total. The Hall–Kier alpha value is -0.120. The lowest BCUT2D eigenvalue weighted by atomic mass is 9.46. The predicted molar refractivity (Wildman–Crippen MR) is 117 cm³/mol. The van der Waals surface area contributed by atoms with Crippen LogP contribution in [0.2, 0.25) is 0 Å². The van der Waals surface area contributed by atoms with Gasteiger partial charge in [0.1, 0.15) is 0 Å². The number of nitrogens with one attached hydrogen (secondary N) is 2.